The van der Waals surface area contributed by atoms with Crippen LogP contribution in [0.15, 0.2) is 11.1 Å². The summed E-state index contributed by atoms with van der Waals surface area (Å²) >= 11 is 0.828. The molecule has 0 aliphatic rings. The second-order valence-corrected chi connectivity index (χ2v) is 6.96. The van der Waals surface area contributed by atoms with Crippen molar-refractivity contribution in [3.63, 3.8) is 0 Å². The Balaban J connectivity index is 3.36. The number of nitrogens with two attached hydrogens (primary N) is 1. The van der Waals surface area contributed by atoms with Crippen molar-refractivity contribution in [3.05, 3.63) is 17.2 Å². The lowest BCUT2D eigenvalue weighted by molar-refractivity contribution is -0.0501. The van der Waals surface area contributed by atoms with Crippen molar-refractivity contribution in [2.75, 3.05) is 5.75 Å². The van der Waals surface area contributed by atoms with E-state index in [1.165, 1.54) is 0 Å². The van der Waals surface area contributed by atoms with Gasteiger partial charge in [0.2, 0.25) is 5.88 Å². The fraction of sp³-hybridized carbons (Fsp3) is 0.417. The van der Waals surface area contributed by atoms with Crippen molar-refractivity contribution in [2.24, 2.45) is 5.73 Å². The molecule has 0 aliphatic carbocycles. The summed E-state index contributed by atoms with van der Waals surface area (Å²) in [5.41, 5.74) is -0.0130. The molecule has 0 aliphatic heterocycles. The molecule has 0 aromatic carbocycles. The molecule has 0 unspecified atom stereocenters. The topological polar surface area (TPSA) is 130 Å². The van der Waals surface area contributed by atoms with Crippen LogP contribution >= 0.6 is 11.8 Å². The number of halogens is 3. The molecule has 7 nitrogen and oxygen atoms in total. The van der Waals surface area contributed by atoms with Gasteiger partial charge in [0.15, 0.2) is 0 Å². The SMILES string of the molecule is CCCc1cc(OS(=O)(=O)C(F)(F)F)nc(SCC(=N)N)c1C#N. The number of hydrogen-bond donors (Lipinski definition) is 2. The molecule has 3 N–H and O–H groups in total. The zero-order chi connectivity index (χ0) is 18.5. The van der Waals surface area contributed by atoms with Gasteiger partial charge in [0.25, 0.3) is 0 Å². The normalized spacial score (nSPS) is 11.8. The zero-order valence-corrected chi connectivity index (χ0v) is 14.0. The number of hydrogen-bond acceptors (Lipinski definition) is 7. The van der Waals surface area contributed by atoms with Crippen LogP contribution in [0.5, 0.6) is 5.88 Å². The largest absolute Gasteiger partial charge is 0.534 e. The Morgan fingerprint density at radius 1 is 1.54 bits per heavy atom. The zero-order valence-electron chi connectivity index (χ0n) is 12.3. The van der Waals surface area contributed by atoms with E-state index in [9.17, 15) is 26.9 Å². The molecule has 12 heteroatoms. The summed E-state index contributed by atoms with van der Waals surface area (Å²) in [5, 5.41) is 16.3. The van der Waals surface area contributed by atoms with Gasteiger partial charge in [-0.05, 0) is 12.0 Å². The molecule has 1 rings (SSSR count). The lowest BCUT2D eigenvalue weighted by atomic mass is 10.1. The monoisotopic (exact) mass is 382 g/mol. The Hall–Kier alpha value is -2.00. The van der Waals surface area contributed by atoms with Gasteiger partial charge in [-0.15, -0.1) is 0 Å². The molecule has 0 saturated heterocycles. The summed E-state index contributed by atoms with van der Waals surface area (Å²) in [5.74, 6) is -1.10. The lowest BCUT2D eigenvalue weighted by Gasteiger charge is -2.13. The van der Waals surface area contributed by atoms with Gasteiger partial charge in [-0.2, -0.15) is 26.9 Å². The van der Waals surface area contributed by atoms with E-state index in [0.29, 0.717) is 18.4 Å². The fourth-order valence-corrected chi connectivity index (χ4v) is 2.76. The van der Waals surface area contributed by atoms with Crippen molar-refractivity contribution in [1.82, 2.24) is 4.98 Å². The number of rotatable bonds is 7. The number of nitrogens with one attached hydrogen (secondary N) is 1. The van der Waals surface area contributed by atoms with E-state index in [-0.39, 0.29) is 22.2 Å². The van der Waals surface area contributed by atoms with Crippen LogP contribution in [0.25, 0.3) is 0 Å². The van der Waals surface area contributed by atoms with E-state index in [1.54, 1.807) is 6.92 Å². The first-order valence-corrected chi connectivity index (χ1v) is 8.81. The average molecular weight is 382 g/mol. The van der Waals surface area contributed by atoms with Crippen LogP contribution in [-0.4, -0.2) is 30.5 Å². The van der Waals surface area contributed by atoms with Gasteiger partial charge >= 0.3 is 15.6 Å². The van der Waals surface area contributed by atoms with Crippen molar-refractivity contribution in [2.45, 2.75) is 30.3 Å². The molecule has 0 spiro atoms. The van der Waals surface area contributed by atoms with Gasteiger partial charge in [-0.25, -0.2) is 4.98 Å². The minimum atomic E-state index is -5.87. The first-order chi connectivity index (χ1) is 11.0. The highest BCUT2D eigenvalue weighted by Crippen LogP contribution is 2.31. The molecular weight excluding hydrogens is 369 g/mol. The summed E-state index contributed by atoms with van der Waals surface area (Å²) in [6.07, 6.45) is 0.864. The fourth-order valence-electron chi connectivity index (χ4n) is 1.59. The highest BCUT2D eigenvalue weighted by molar-refractivity contribution is 8.00. The predicted octanol–water partition coefficient (Wildman–Crippen LogP) is 2.16. The summed E-state index contributed by atoms with van der Waals surface area (Å²) in [6.45, 7) is 1.77. The number of aryl methyl sites for hydroxylation is 1. The van der Waals surface area contributed by atoms with Gasteiger partial charge in [0, 0.05) is 6.07 Å². The molecule has 24 heavy (non-hydrogen) atoms. The van der Waals surface area contributed by atoms with E-state index in [2.05, 4.69) is 9.17 Å². The summed E-state index contributed by atoms with van der Waals surface area (Å²) in [7, 11) is -5.87. The second kappa shape index (κ2) is 7.71. The predicted molar refractivity (Wildman–Crippen MR) is 81.2 cm³/mol. The van der Waals surface area contributed by atoms with Crippen molar-refractivity contribution < 1.29 is 25.8 Å². The van der Waals surface area contributed by atoms with Crippen LogP contribution < -0.4 is 9.92 Å². The van der Waals surface area contributed by atoms with E-state index >= 15 is 0 Å². The molecule has 1 heterocycles. The molecule has 1 aromatic heterocycles. The van der Waals surface area contributed by atoms with Crippen LogP contribution in [0.4, 0.5) is 13.2 Å². The van der Waals surface area contributed by atoms with Crippen molar-refractivity contribution in [1.29, 1.82) is 10.7 Å². The van der Waals surface area contributed by atoms with Gasteiger partial charge in [0.1, 0.15) is 16.9 Å². The molecule has 0 saturated carbocycles. The van der Waals surface area contributed by atoms with Crippen LogP contribution in [0, 0.1) is 16.7 Å². The number of pyridine rings is 1. The summed E-state index contributed by atoms with van der Waals surface area (Å²) in [6, 6.07) is 2.86. The lowest BCUT2D eigenvalue weighted by Crippen LogP contribution is -2.28. The quantitative estimate of drug-likeness (QED) is 0.243. The highest BCUT2D eigenvalue weighted by atomic mass is 32.2. The Kier molecular flexibility index (Phi) is 6.44. The molecule has 0 atom stereocenters. The van der Waals surface area contributed by atoms with Gasteiger partial charge in [0.05, 0.1) is 11.3 Å². The minimum Gasteiger partial charge on any atom is -0.387 e. The number of amidine groups is 1. The number of nitriles is 1. The van der Waals surface area contributed by atoms with Gasteiger partial charge < -0.3 is 9.92 Å². The maximum absolute atomic E-state index is 12.4. The molecule has 0 bridgehead atoms. The summed E-state index contributed by atoms with van der Waals surface area (Å²) < 4.78 is 63.5. The van der Waals surface area contributed by atoms with E-state index in [1.807, 2.05) is 6.07 Å². The van der Waals surface area contributed by atoms with Crippen molar-refractivity contribution in [3.8, 4) is 11.9 Å². The molecule has 0 fully saturated rings. The second-order valence-electron chi connectivity index (χ2n) is 4.46. The standard InChI is InChI=1S/C12H13F3N4O3S2/c1-2-3-7-4-10(22-24(20,21)12(13,14)15)19-11(8(7)5-16)23-6-9(17)18/h4H,2-3,6H2,1H3,(H3,17,18). The first-order valence-electron chi connectivity index (χ1n) is 6.42. The molecular formula is C12H13F3N4O3S2. The Labute approximate surface area is 140 Å². The smallest absolute Gasteiger partial charge is 0.387 e. The molecule has 0 radical (unpaired) electrons. The Morgan fingerprint density at radius 3 is 2.62 bits per heavy atom. The maximum Gasteiger partial charge on any atom is 0.534 e. The van der Waals surface area contributed by atoms with E-state index < -0.39 is 21.5 Å². The summed E-state index contributed by atoms with van der Waals surface area (Å²) in [4.78, 5) is 3.64. The van der Waals surface area contributed by atoms with Crippen LogP contribution in [-0.2, 0) is 16.5 Å². The first kappa shape index (κ1) is 20.0. The minimum absolute atomic E-state index is 0.0500. The van der Waals surface area contributed by atoms with E-state index in [4.69, 9.17) is 11.1 Å². The van der Waals surface area contributed by atoms with E-state index in [0.717, 1.165) is 17.8 Å². The van der Waals surface area contributed by atoms with Crippen LogP contribution in [0.1, 0.15) is 24.5 Å². The average Bonchev–Trinajstić information content (AvgIpc) is 2.43. The molecule has 1 aromatic rings. The maximum atomic E-state index is 12.4. The van der Waals surface area contributed by atoms with Crippen LogP contribution in [0.3, 0.4) is 0 Å². The number of nitrogens with zero attached hydrogens (tertiary/aromatic N) is 2. The third kappa shape index (κ3) is 5.00. The number of thioether (sulfide) groups is 1. The number of aromatic nitrogens is 1. The Bertz CT molecular complexity index is 773. The Morgan fingerprint density at radius 2 is 2.17 bits per heavy atom. The van der Waals surface area contributed by atoms with Gasteiger partial charge in [-0.3, -0.25) is 5.41 Å². The molecule has 0 amide bonds. The third-order valence-corrected chi connectivity index (χ3v) is 4.50. The third-order valence-electron chi connectivity index (χ3n) is 2.52. The van der Waals surface area contributed by atoms with Gasteiger partial charge in [-0.1, -0.05) is 25.1 Å². The van der Waals surface area contributed by atoms with Crippen LogP contribution in [0.2, 0.25) is 0 Å². The molecule has 132 valence electrons. The van der Waals surface area contributed by atoms with Crippen molar-refractivity contribution >= 4 is 27.7 Å². The number of alkyl halides is 3. The highest BCUT2D eigenvalue weighted by Gasteiger charge is 2.49.